The maximum absolute atomic E-state index is 9.72. The van der Waals surface area contributed by atoms with Gasteiger partial charge in [-0.15, -0.1) is 0 Å². The fraction of sp³-hybridized carbons (Fsp3) is 1.00. The summed E-state index contributed by atoms with van der Waals surface area (Å²) in [5.74, 6) is 0. The lowest BCUT2D eigenvalue weighted by Gasteiger charge is -2.29. The van der Waals surface area contributed by atoms with Gasteiger partial charge in [0.1, 0.15) is 17.8 Å². The van der Waals surface area contributed by atoms with E-state index in [-0.39, 0.29) is 6.61 Å². The minimum atomic E-state index is -0.915. The molecule has 0 radical (unpaired) electrons. The van der Waals surface area contributed by atoms with Gasteiger partial charge in [0.2, 0.25) is 0 Å². The minimum absolute atomic E-state index is 0.250. The molecular weight excluding hydrogens is 176 g/mol. The first kappa shape index (κ1) is 10.9. The fourth-order valence-electron chi connectivity index (χ4n) is 1.53. The van der Waals surface area contributed by atoms with Crippen molar-refractivity contribution < 1.29 is 24.4 Å². The van der Waals surface area contributed by atoms with Gasteiger partial charge in [0.05, 0.1) is 6.61 Å². The second-order valence-corrected chi connectivity index (χ2v) is 3.26. The monoisotopic (exact) mass is 192 g/mol. The highest BCUT2D eigenvalue weighted by Crippen LogP contribution is 2.33. The summed E-state index contributed by atoms with van der Waals surface area (Å²) in [6.07, 6.45) is -2.17. The normalized spacial score (nSPS) is 45.5. The highest BCUT2D eigenvalue weighted by atomic mass is 16.7. The molecule has 1 aliphatic heterocycles. The van der Waals surface area contributed by atoms with E-state index in [0.717, 1.165) is 0 Å². The van der Waals surface area contributed by atoms with Crippen molar-refractivity contribution in [3.8, 4) is 0 Å². The predicted octanol–water partition coefficient (Wildman–Crippen LogP) is -0.884. The van der Waals surface area contributed by atoms with Crippen LogP contribution < -0.4 is 0 Å². The Kier molecular flexibility index (Phi) is 3.26. The molecule has 0 aromatic rings. The fourth-order valence-corrected chi connectivity index (χ4v) is 1.53. The van der Waals surface area contributed by atoms with Crippen LogP contribution in [0, 0.1) is 0 Å². The maximum atomic E-state index is 9.72. The van der Waals surface area contributed by atoms with E-state index in [9.17, 15) is 5.11 Å². The Morgan fingerprint density at radius 3 is 2.38 bits per heavy atom. The molecule has 2 N–H and O–H groups in total. The second kappa shape index (κ2) is 3.89. The van der Waals surface area contributed by atoms with Crippen LogP contribution in [0.1, 0.15) is 6.92 Å². The average molecular weight is 192 g/mol. The van der Waals surface area contributed by atoms with Gasteiger partial charge in [0.25, 0.3) is 0 Å². The summed E-state index contributed by atoms with van der Waals surface area (Å²) in [5, 5.41) is 18.6. The van der Waals surface area contributed by atoms with Crippen LogP contribution in [-0.2, 0) is 14.2 Å². The first-order valence-corrected chi connectivity index (χ1v) is 4.12. The number of ether oxygens (including phenoxy) is 3. The van der Waals surface area contributed by atoms with E-state index < -0.39 is 24.1 Å². The van der Waals surface area contributed by atoms with Gasteiger partial charge < -0.3 is 24.4 Å². The lowest BCUT2D eigenvalue weighted by atomic mass is 9.97. The minimum Gasteiger partial charge on any atom is -0.394 e. The maximum Gasteiger partial charge on any atom is 0.189 e. The summed E-state index contributed by atoms with van der Waals surface area (Å²) >= 11 is 0. The molecule has 0 saturated carbocycles. The van der Waals surface area contributed by atoms with Gasteiger partial charge in [-0.1, -0.05) is 0 Å². The number of hydrogen-bond acceptors (Lipinski definition) is 5. The van der Waals surface area contributed by atoms with Gasteiger partial charge in [0.15, 0.2) is 6.29 Å². The summed E-state index contributed by atoms with van der Waals surface area (Å²) in [5.41, 5.74) is -0.915. The number of hydrogen-bond donors (Lipinski definition) is 2. The zero-order valence-corrected chi connectivity index (χ0v) is 8.06. The van der Waals surface area contributed by atoms with E-state index in [1.807, 2.05) is 0 Å². The average Bonchev–Trinajstić information content (AvgIpc) is 2.41. The molecule has 0 aromatic heterocycles. The third kappa shape index (κ3) is 1.58. The van der Waals surface area contributed by atoms with E-state index >= 15 is 0 Å². The van der Waals surface area contributed by atoms with Crippen LogP contribution in [-0.4, -0.2) is 55.1 Å². The molecule has 1 saturated heterocycles. The van der Waals surface area contributed by atoms with Crippen molar-refractivity contribution in [2.45, 2.75) is 31.0 Å². The third-order valence-corrected chi connectivity index (χ3v) is 2.54. The summed E-state index contributed by atoms with van der Waals surface area (Å²) in [4.78, 5) is 0. The van der Waals surface area contributed by atoms with Crippen LogP contribution >= 0.6 is 0 Å². The largest absolute Gasteiger partial charge is 0.394 e. The van der Waals surface area contributed by atoms with Crippen molar-refractivity contribution in [3.63, 3.8) is 0 Å². The predicted molar refractivity (Wildman–Crippen MR) is 44.2 cm³/mol. The van der Waals surface area contributed by atoms with Crippen molar-refractivity contribution >= 4 is 0 Å². The molecule has 1 rings (SSSR count). The van der Waals surface area contributed by atoms with Crippen LogP contribution in [0.25, 0.3) is 0 Å². The number of aliphatic hydroxyl groups excluding tert-OH is 2. The van der Waals surface area contributed by atoms with E-state index in [0.29, 0.717) is 0 Å². The summed E-state index contributed by atoms with van der Waals surface area (Å²) in [6.45, 7) is 1.43. The molecule has 5 nitrogen and oxygen atoms in total. The molecule has 0 aliphatic carbocycles. The zero-order chi connectivity index (χ0) is 10.1. The van der Waals surface area contributed by atoms with E-state index in [4.69, 9.17) is 19.3 Å². The molecule has 0 amide bonds. The van der Waals surface area contributed by atoms with E-state index in [1.54, 1.807) is 6.92 Å². The Balaban J connectivity index is 2.80. The number of rotatable bonds is 3. The lowest BCUT2D eigenvalue weighted by molar-refractivity contribution is -0.197. The molecule has 4 atom stereocenters. The molecule has 5 heteroatoms. The van der Waals surface area contributed by atoms with Gasteiger partial charge in [0, 0.05) is 14.2 Å². The summed E-state index contributed by atoms with van der Waals surface area (Å²) in [6, 6.07) is 0. The van der Waals surface area contributed by atoms with Gasteiger partial charge >= 0.3 is 0 Å². The van der Waals surface area contributed by atoms with Crippen molar-refractivity contribution in [1.82, 2.24) is 0 Å². The first-order chi connectivity index (χ1) is 6.10. The van der Waals surface area contributed by atoms with E-state index in [1.165, 1.54) is 14.2 Å². The van der Waals surface area contributed by atoms with Gasteiger partial charge in [-0.05, 0) is 6.92 Å². The summed E-state index contributed by atoms with van der Waals surface area (Å²) in [7, 11) is 2.94. The number of aliphatic hydroxyl groups is 2. The molecule has 4 unspecified atom stereocenters. The smallest absolute Gasteiger partial charge is 0.189 e. The molecule has 1 fully saturated rings. The number of methoxy groups -OCH3 is 2. The van der Waals surface area contributed by atoms with Crippen LogP contribution in [0.2, 0.25) is 0 Å². The Labute approximate surface area is 77.2 Å². The Hall–Kier alpha value is -0.200. The molecule has 0 aromatic carbocycles. The molecule has 13 heavy (non-hydrogen) atoms. The SMILES string of the molecule is COC1OC(CO)C(O)C1(C)OC. The highest BCUT2D eigenvalue weighted by Gasteiger charge is 2.53. The van der Waals surface area contributed by atoms with Crippen LogP contribution in [0.3, 0.4) is 0 Å². The van der Waals surface area contributed by atoms with Crippen molar-refractivity contribution in [2.24, 2.45) is 0 Å². The third-order valence-electron chi connectivity index (χ3n) is 2.54. The Bertz CT molecular complexity index is 170. The van der Waals surface area contributed by atoms with Gasteiger partial charge in [-0.2, -0.15) is 0 Å². The van der Waals surface area contributed by atoms with Crippen molar-refractivity contribution in [3.05, 3.63) is 0 Å². The highest BCUT2D eigenvalue weighted by molar-refractivity contribution is 4.98. The van der Waals surface area contributed by atoms with Crippen LogP contribution in [0.5, 0.6) is 0 Å². The zero-order valence-electron chi connectivity index (χ0n) is 8.06. The molecule has 0 bridgehead atoms. The molecule has 78 valence electrons. The molecule has 1 heterocycles. The first-order valence-electron chi connectivity index (χ1n) is 4.12. The lowest BCUT2D eigenvalue weighted by Crippen LogP contribution is -2.48. The van der Waals surface area contributed by atoms with Crippen LogP contribution in [0.15, 0.2) is 0 Å². The van der Waals surface area contributed by atoms with E-state index in [2.05, 4.69) is 0 Å². The molecule has 0 spiro atoms. The van der Waals surface area contributed by atoms with Crippen LogP contribution in [0.4, 0.5) is 0 Å². The quantitative estimate of drug-likeness (QED) is 0.607. The van der Waals surface area contributed by atoms with Gasteiger partial charge in [-0.25, -0.2) is 0 Å². The summed E-state index contributed by atoms with van der Waals surface area (Å²) < 4.78 is 15.4. The standard InChI is InChI=1S/C8H16O5/c1-8(12-3)6(10)5(4-9)13-7(8)11-2/h5-7,9-10H,4H2,1-3H3. The van der Waals surface area contributed by atoms with Gasteiger partial charge in [-0.3, -0.25) is 0 Å². The second-order valence-electron chi connectivity index (χ2n) is 3.26. The topological polar surface area (TPSA) is 68.2 Å². The molecular formula is C8H16O5. The Morgan fingerprint density at radius 1 is 1.46 bits per heavy atom. The van der Waals surface area contributed by atoms with Crippen molar-refractivity contribution in [2.75, 3.05) is 20.8 Å². The molecule has 1 aliphatic rings. The van der Waals surface area contributed by atoms with Crippen molar-refractivity contribution in [1.29, 1.82) is 0 Å². The Morgan fingerprint density at radius 2 is 2.08 bits per heavy atom.